The maximum Gasteiger partial charge on any atom is 0.306 e. The Balaban J connectivity index is 1.60. The van der Waals surface area contributed by atoms with E-state index < -0.39 is 0 Å². The second-order valence-corrected chi connectivity index (χ2v) is 6.91. The smallest absolute Gasteiger partial charge is 0.306 e. The fraction of sp³-hybridized carbons (Fsp3) is 0.882. The third-order valence-corrected chi connectivity index (χ3v) is 4.83. The van der Waals surface area contributed by atoms with E-state index in [1.807, 2.05) is 0 Å². The zero-order valence-electron chi connectivity index (χ0n) is 13.2. The summed E-state index contributed by atoms with van der Waals surface area (Å²) in [5.41, 5.74) is 0. The Bertz CT molecular complexity index is 350. The van der Waals surface area contributed by atoms with Gasteiger partial charge in [-0.15, -0.1) is 0 Å². The molecule has 0 bridgehead atoms. The van der Waals surface area contributed by atoms with E-state index in [-0.39, 0.29) is 24.5 Å². The number of ether oxygens (including phenoxy) is 1. The van der Waals surface area contributed by atoms with E-state index >= 15 is 0 Å². The molecular weight excluding hydrogens is 266 g/mol. The number of nitrogens with one attached hydrogen (secondary N) is 1. The van der Waals surface area contributed by atoms with Gasteiger partial charge in [-0.3, -0.25) is 9.59 Å². The first-order valence-electron chi connectivity index (χ1n) is 8.58. The molecule has 0 heterocycles. The van der Waals surface area contributed by atoms with Crippen LogP contribution in [0.4, 0.5) is 0 Å². The van der Waals surface area contributed by atoms with Crippen molar-refractivity contribution in [2.75, 3.05) is 6.61 Å². The van der Waals surface area contributed by atoms with E-state index in [1.165, 1.54) is 32.1 Å². The highest BCUT2D eigenvalue weighted by Crippen LogP contribution is 2.30. The molecule has 1 amide bonds. The first-order valence-corrected chi connectivity index (χ1v) is 8.58. The van der Waals surface area contributed by atoms with E-state index in [0.29, 0.717) is 18.3 Å². The summed E-state index contributed by atoms with van der Waals surface area (Å²) in [6.07, 6.45) is 10.9. The van der Waals surface area contributed by atoms with Crippen LogP contribution in [0.15, 0.2) is 0 Å². The predicted octanol–water partition coefficient (Wildman–Crippen LogP) is 3.19. The molecule has 0 radical (unpaired) electrons. The maximum atomic E-state index is 11.8. The predicted molar refractivity (Wildman–Crippen MR) is 81.7 cm³/mol. The summed E-state index contributed by atoms with van der Waals surface area (Å²) in [6, 6.07) is 0.282. The van der Waals surface area contributed by atoms with E-state index in [4.69, 9.17) is 4.74 Å². The Morgan fingerprint density at radius 2 is 1.81 bits per heavy atom. The van der Waals surface area contributed by atoms with Crippen LogP contribution in [0.2, 0.25) is 0 Å². The zero-order valence-corrected chi connectivity index (χ0v) is 13.2. The molecular formula is C17H29NO3. The third-order valence-electron chi connectivity index (χ3n) is 4.83. The molecule has 0 aromatic heterocycles. The second kappa shape index (κ2) is 8.40. The van der Waals surface area contributed by atoms with Gasteiger partial charge in [0.1, 0.15) is 0 Å². The lowest BCUT2D eigenvalue weighted by Crippen LogP contribution is -2.38. The van der Waals surface area contributed by atoms with Crippen molar-refractivity contribution in [1.29, 1.82) is 0 Å². The average Bonchev–Trinajstić information content (AvgIpc) is 2.46. The van der Waals surface area contributed by atoms with Crippen LogP contribution in [0.5, 0.6) is 0 Å². The summed E-state index contributed by atoms with van der Waals surface area (Å²) in [7, 11) is 0. The number of hydrogen-bond donors (Lipinski definition) is 1. The highest BCUT2D eigenvalue weighted by Gasteiger charge is 2.22. The van der Waals surface area contributed by atoms with Crippen molar-refractivity contribution >= 4 is 11.9 Å². The van der Waals surface area contributed by atoms with Gasteiger partial charge in [0, 0.05) is 12.5 Å². The average molecular weight is 295 g/mol. The molecule has 0 spiro atoms. The van der Waals surface area contributed by atoms with Gasteiger partial charge in [0.15, 0.2) is 6.61 Å². The van der Waals surface area contributed by atoms with Gasteiger partial charge in [-0.05, 0) is 37.5 Å². The van der Waals surface area contributed by atoms with Gasteiger partial charge in [-0.1, -0.05) is 39.0 Å². The van der Waals surface area contributed by atoms with Crippen LogP contribution in [0.25, 0.3) is 0 Å². The van der Waals surface area contributed by atoms with Gasteiger partial charge in [0.05, 0.1) is 0 Å². The lowest BCUT2D eigenvalue weighted by molar-refractivity contribution is -0.150. The number of esters is 1. The molecule has 21 heavy (non-hydrogen) atoms. The number of hydrogen-bond acceptors (Lipinski definition) is 3. The molecule has 2 aliphatic carbocycles. The van der Waals surface area contributed by atoms with Crippen molar-refractivity contribution < 1.29 is 14.3 Å². The van der Waals surface area contributed by atoms with E-state index in [1.54, 1.807) is 0 Å². The molecule has 0 aromatic carbocycles. The Kier molecular flexibility index (Phi) is 6.52. The van der Waals surface area contributed by atoms with E-state index in [0.717, 1.165) is 25.7 Å². The summed E-state index contributed by atoms with van der Waals surface area (Å²) in [6.45, 7) is 2.13. The molecule has 0 aromatic rings. The minimum absolute atomic E-state index is 0.113. The lowest BCUT2D eigenvalue weighted by atomic mass is 9.81. The fourth-order valence-corrected chi connectivity index (χ4v) is 3.70. The molecule has 2 atom stereocenters. The number of rotatable bonds is 5. The van der Waals surface area contributed by atoms with Crippen LogP contribution < -0.4 is 5.32 Å². The molecule has 2 saturated carbocycles. The minimum Gasteiger partial charge on any atom is -0.456 e. The fourth-order valence-electron chi connectivity index (χ4n) is 3.70. The summed E-state index contributed by atoms with van der Waals surface area (Å²) in [5, 5.41) is 2.97. The molecule has 0 saturated heterocycles. The molecule has 1 N–H and O–H groups in total. The topological polar surface area (TPSA) is 55.4 Å². The van der Waals surface area contributed by atoms with Crippen molar-refractivity contribution in [3.05, 3.63) is 0 Å². The monoisotopic (exact) mass is 295 g/mol. The van der Waals surface area contributed by atoms with Gasteiger partial charge < -0.3 is 10.1 Å². The summed E-state index contributed by atoms with van der Waals surface area (Å²) < 4.78 is 5.13. The summed E-state index contributed by atoms with van der Waals surface area (Å²) >= 11 is 0. The third kappa shape index (κ3) is 6.06. The standard InChI is InChI=1S/C17H29NO3/c1-13-6-5-7-14(10-13)11-17(20)21-12-16(19)18-15-8-3-2-4-9-15/h13-15H,2-12H2,1H3,(H,18,19). The van der Waals surface area contributed by atoms with Gasteiger partial charge in [-0.25, -0.2) is 0 Å². The Morgan fingerprint density at radius 1 is 1.05 bits per heavy atom. The van der Waals surface area contributed by atoms with Crippen molar-refractivity contribution in [3.63, 3.8) is 0 Å². The highest BCUT2D eigenvalue weighted by atomic mass is 16.5. The van der Waals surface area contributed by atoms with Crippen molar-refractivity contribution in [2.24, 2.45) is 11.8 Å². The van der Waals surface area contributed by atoms with Crippen LogP contribution in [0.1, 0.15) is 71.1 Å². The van der Waals surface area contributed by atoms with Crippen LogP contribution in [-0.2, 0) is 14.3 Å². The van der Waals surface area contributed by atoms with Gasteiger partial charge in [0.25, 0.3) is 5.91 Å². The first kappa shape index (κ1) is 16.3. The molecule has 2 aliphatic rings. The normalized spacial score (nSPS) is 27.1. The summed E-state index contributed by atoms with van der Waals surface area (Å²) in [4.78, 5) is 23.6. The van der Waals surface area contributed by atoms with Crippen LogP contribution >= 0.6 is 0 Å². The van der Waals surface area contributed by atoms with Crippen LogP contribution in [0, 0.1) is 11.8 Å². The number of carbonyl (C=O) groups excluding carboxylic acids is 2. The largest absolute Gasteiger partial charge is 0.456 e. The van der Waals surface area contributed by atoms with Crippen molar-refractivity contribution in [1.82, 2.24) is 5.32 Å². The van der Waals surface area contributed by atoms with E-state index in [9.17, 15) is 9.59 Å². The molecule has 2 fully saturated rings. The first-order chi connectivity index (χ1) is 10.1. The molecule has 2 rings (SSSR count). The Morgan fingerprint density at radius 3 is 2.52 bits per heavy atom. The Hall–Kier alpha value is -1.06. The number of amides is 1. The lowest BCUT2D eigenvalue weighted by Gasteiger charge is -2.26. The SMILES string of the molecule is CC1CCCC(CC(=O)OCC(=O)NC2CCCCC2)C1. The van der Waals surface area contributed by atoms with Crippen LogP contribution in [-0.4, -0.2) is 24.5 Å². The quantitative estimate of drug-likeness (QED) is 0.792. The Labute approximate surface area is 128 Å². The minimum atomic E-state index is -0.215. The maximum absolute atomic E-state index is 11.8. The van der Waals surface area contributed by atoms with Gasteiger partial charge >= 0.3 is 5.97 Å². The molecule has 0 aliphatic heterocycles. The van der Waals surface area contributed by atoms with Gasteiger partial charge in [-0.2, -0.15) is 0 Å². The van der Waals surface area contributed by atoms with Gasteiger partial charge in [0.2, 0.25) is 0 Å². The summed E-state index contributed by atoms with van der Waals surface area (Å²) in [5.74, 6) is 0.800. The van der Waals surface area contributed by atoms with Crippen LogP contribution in [0.3, 0.4) is 0 Å². The second-order valence-electron chi connectivity index (χ2n) is 6.91. The molecule has 2 unspecified atom stereocenters. The molecule has 4 nitrogen and oxygen atoms in total. The van der Waals surface area contributed by atoms with Crippen molar-refractivity contribution in [3.8, 4) is 0 Å². The molecule has 120 valence electrons. The highest BCUT2D eigenvalue weighted by molar-refractivity contribution is 5.80. The zero-order chi connectivity index (χ0) is 15.1. The number of carbonyl (C=O) groups is 2. The molecule has 4 heteroatoms. The van der Waals surface area contributed by atoms with E-state index in [2.05, 4.69) is 12.2 Å². The van der Waals surface area contributed by atoms with Crippen molar-refractivity contribution in [2.45, 2.75) is 77.2 Å².